The molecular formula is C14H21NO2. The first-order valence-electron chi connectivity index (χ1n) is 5.98. The van der Waals surface area contributed by atoms with Crippen molar-refractivity contribution in [1.29, 1.82) is 0 Å². The highest BCUT2D eigenvalue weighted by molar-refractivity contribution is 5.97. The van der Waals surface area contributed by atoms with E-state index in [-0.39, 0.29) is 5.78 Å². The van der Waals surface area contributed by atoms with Crippen LogP contribution in [0, 0.1) is 6.92 Å². The molecule has 0 fully saturated rings. The van der Waals surface area contributed by atoms with E-state index in [2.05, 4.69) is 11.8 Å². The van der Waals surface area contributed by atoms with E-state index in [9.17, 15) is 4.79 Å². The molecule has 0 amide bonds. The SMILES string of the molecule is CCN(CCOC)CC(=O)c1ccc(C)cc1. The Labute approximate surface area is 103 Å². The minimum Gasteiger partial charge on any atom is -0.383 e. The molecule has 0 aliphatic carbocycles. The molecule has 1 rings (SSSR count). The molecule has 3 heteroatoms. The number of hydrogen-bond donors (Lipinski definition) is 0. The fourth-order valence-corrected chi connectivity index (χ4v) is 1.60. The molecule has 0 bridgehead atoms. The van der Waals surface area contributed by atoms with E-state index in [1.54, 1.807) is 7.11 Å². The second-order valence-electron chi connectivity index (χ2n) is 4.15. The van der Waals surface area contributed by atoms with E-state index in [0.717, 1.165) is 18.7 Å². The molecule has 94 valence electrons. The molecule has 0 spiro atoms. The van der Waals surface area contributed by atoms with Crippen molar-refractivity contribution in [2.45, 2.75) is 13.8 Å². The zero-order valence-electron chi connectivity index (χ0n) is 10.9. The van der Waals surface area contributed by atoms with Crippen molar-refractivity contribution in [2.24, 2.45) is 0 Å². The van der Waals surface area contributed by atoms with Crippen LogP contribution in [0.15, 0.2) is 24.3 Å². The molecule has 3 nitrogen and oxygen atoms in total. The number of methoxy groups -OCH3 is 1. The summed E-state index contributed by atoms with van der Waals surface area (Å²) in [4.78, 5) is 14.1. The van der Waals surface area contributed by atoms with Crippen molar-refractivity contribution in [3.63, 3.8) is 0 Å². The topological polar surface area (TPSA) is 29.5 Å². The Kier molecular flexibility index (Phi) is 5.87. The van der Waals surface area contributed by atoms with Crippen LogP contribution in [0.4, 0.5) is 0 Å². The average Bonchev–Trinajstić information content (AvgIpc) is 2.35. The van der Waals surface area contributed by atoms with Gasteiger partial charge < -0.3 is 4.74 Å². The summed E-state index contributed by atoms with van der Waals surface area (Å²) in [6.07, 6.45) is 0. The van der Waals surface area contributed by atoms with Gasteiger partial charge in [-0.15, -0.1) is 0 Å². The smallest absolute Gasteiger partial charge is 0.176 e. The molecule has 0 aromatic heterocycles. The van der Waals surface area contributed by atoms with E-state index >= 15 is 0 Å². The summed E-state index contributed by atoms with van der Waals surface area (Å²) in [6.45, 7) is 6.85. The summed E-state index contributed by atoms with van der Waals surface area (Å²) >= 11 is 0. The van der Waals surface area contributed by atoms with Crippen molar-refractivity contribution in [3.05, 3.63) is 35.4 Å². The second kappa shape index (κ2) is 7.20. The van der Waals surface area contributed by atoms with Gasteiger partial charge in [-0.3, -0.25) is 9.69 Å². The first-order chi connectivity index (χ1) is 8.17. The van der Waals surface area contributed by atoms with Gasteiger partial charge in [-0.2, -0.15) is 0 Å². The van der Waals surface area contributed by atoms with E-state index in [1.165, 1.54) is 5.56 Å². The Morgan fingerprint density at radius 1 is 1.29 bits per heavy atom. The quantitative estimate of drug-likeness (QED) is 0.678. The van der Waals surface area contributed by atoms with Gasteiger partial charge in [0.15, 0.2) is 5.78 Å². The van der Waals surface area contributed by atoms with Gasteiger partial charge in [0.25, 0.3) is 0 Å². The molecule has 0 atom stereocenters. The molecule has 0 N–H and O–H groups in total. The molecule has 0 saturated heterocycles. The molecule has 1 aromatic carbocycles. The Morgan fingerprint density at radius 3 is 2.47 bits per heavy atom. The summed E-state index contributed by atoms with van der Waals surface area (Å²) < 4.78 is 5.02. The standard InChI is InChI=1S/C14H21NO2/c1-4-15(9-10-17-3)11-14(16)13-7-5-12(2)6-8-13/h5-8H,4,9-11H2,1-3H3. The molecule has 0 unspecified atom stereocenters. The summed E-state index contributed by atoms with van der Waals surface area (Å²) in [5.41, 5.74) is 1.96. The number of nitrogens with zero attached hydrogens (tertiary/aromatic N) is 1. The predicted octanol–water partition coefficient (Wildman–Crippen LogP) is 2.15. The molecule has 17 heavy (non-hydrogen) atoms. The van der Waals surface area contributed by atoms with Gasteiger partial charge in [0.2, 0.25) is 0 Å². The van der Waals surface area contributed by atoms with Crippen LogP contribution in [0.2, 0.25) is 0 Å². The van der Waals surface area contributed by atoms with E-state index in [0.29, 0.717) is 13.2 Å². The first kappa shape index (κ1) is 13.9. The third-order valence-electron chi connectivity index (χ3n) is 2.80. The Hall–Kier alpha value is -1.19. The lowest BCUT2D eigenvalue weighted by molar-refractivity contribution is 0.0902. The van der Waals surface area contributed by atoms with Crippen molar-refractivity contribution in [3.8, 4) is 0 Å². The van der Waals surface area contributed by atoms with Crippen LogP contribution in [-0.2, 0) is 4.74 Å². The fourth-order valence-electron chi connectivity index (χ4n) is 1.60. The highest BCUT2D eigenvalue weighted by Gasteiger charge is 2.10. The predicted molar refractivity (Wildman–Crippen MR) is 69.5 cm³/mol. The highest BCUT2D eigenvalue weighted by Crippen LogP contribution is 2.05. The van der Waals surface area contributed by atoms with Crippen LogP contribution >= 0.6 is 0 Å². The molecule has 0 heterocycles. The lowest BCUT2D eigenvalue weighted by Gasteiger charge is -2.18. The second-order valence-corrected chi connectivity index (χ2v) is 4.15. The number of benzene rings is 1. The largest absolute Gasteiger partial charge is 0.383 e. The van der Waals surface area contributed by atoms with E-state index in [1.807, 2.05) is 31.2 Å². The molecule has 0 radical (unpaired) electrons. The maximum atomic E-state index is 12.0. The van der Waals surface area contributed by atoms with Crippen molar-refractivity contribution in [1.82, 2.24) is 4.90 Å². The number of ether oxygens (including phenoxy) is 1. The zero-order chi connectivity index (χ0) is 12.7. The maximum absolute atomic E-state index is 12.0. The number of hydrogen-bond acceptors (Lipinski definition) is 3. The zero-order valence-corrected chi connectivity index (χ0v) is 10.9. The number of rotatable bonds is 7. The highest BCUT2D eigenvalue weighted by atomic mass is 16.5. The number of carbonyl (C=O) groups is 1. The lowest BCUT2D eigenvalue weighted by atomic mass is 10.1. The van der Waals surface area contributed by atoms with Gasteiger partial charge in [0.1, 0.15) is 0 Å². The fraction of sp³-hybridized carbons (Fsp3) is 0.500. The third-order valence-corrected chi connectivity index (χ3v) is 2.80. The van der Waals surface area contributed by atoms with Crippen LogP contribution in [0.25, 0.3) is 0 Å². The molecule has 0 aliphatic heterocycles. The Balaban J connectivity index is 2.54. The summed E-state index contributed by atoms with van der Waals surface area (Å²) in [5.74, 6) is 0.169. The van der Waals surface area contributed by atoms with Gasteiger partial charge in [0, 0.05) is 19.2 Å². The van der Waals surface area contributed by atoms with Crippen LogP contribution in [0.1, 0.15) is 22.8 Å². The first-order valence-corrected chi connectivity index (χ1v) is 5.98. The van der Waals surface area contributed by atoms with Crippen molar-refractivity contribution >= 4 is 5.78 Å². The normalized spacial score (nSPS) is 10.8. The Bertz CT molecular complexity index is 346. The van der Waals surface area contributed by atoms with Crippen LogP contribution < -0.4 is 0 Å². The van der Waals surface area contributed by atoms with Gasteiger partial charge in [-0.25, -0.2) is 0 Å². The average molecular weight is 235 g/mol. The summed E-state index contributed by atoms with van der Waals surface area (Å²) in [5, 5.41) is 0. The monoisotopic (exact) mass is 235 g/mol. The maximum Gasteiger partial charge on any atom is 0.176 e. The van der Waals surface area contributed by atoms with Crippen molar-refractivity contribution < 1.29 is 9.53 Å². The van der Waals surface area contributed by atoms with Gasteiger partial charge in [0.05, 0.1) is 13.2 Å². The molecule has 1 aromatic rings. The van der Waals surface area contributed by atoms with E-state index in [4.69, 9.17) is 4.74 Å². The molecule has 0 aliphatic rings. The van der Waals surface area contributed by atoms with E-state index < -0.39 is 0 Å². The molecular weight excluding hydrogens is 214 g/mol. The van der Waals surface area contributed by atoms with Crippen LogP contribution in [0.5, 0.6) is 0 Å². The van der Waals surface area contributed by atoms with Gasteiger partial charge >= 0.3 is 0 Å². The van der Waals surface area contributed by atoms with Crippen molar-refractivity contribution in [2.75, 3.05) is 33.4 Å². The number of likely N-dealkylation sites (N-methyl/N-ethyl adjacent to an activating group) is 1. The minimum atomic E-state index is 0.169. The molecule has 0 saturated carbocycles. The van der Waals surface area contributed by atoms with Crippen LogP contribution in [0.3, 0.4) is 0 Å². The number of aryl methyl sites for hydroxylation is 1. The van der Waals surface area contributed by atoms with Crippen LogP contribution in [-0.4, -0.2) is 44.0 Å². The number of carbonyl (C=O) groups excluding carboxylic acids is 1. The summed E-state index contributed by atoms with van der Waals surface area (Å²) in [7, 11) is 1.68. The minimum absolute atomic E-state index is 0.169. The Morgan fingerprint density at radius 2 is 1.94 bits per heavy atom. The van der Waals surface area contributed by atoms with Gasteiger partial charge in [-0.05, 0) is 13.5 Å². The summed E-state index contributed by atoms with van der Waals surface area (Å²) in [6, 6.07) is 7.72. The lowest BCUT2D eigenvalue weighted by Crippen LogP contribution is -2.32. The number of ketones is 1. The van der Waals surface area contributed by atoms with Gasteiger partial charge in [-0.1, -0.05) is 36.8 Å². The number of Topliss-reactive ketones (excluding diaryl/α,β-unsaturated/α-hetero) is 1. The third kappa shape index (κ3) is 4.67.